The third kappa shape index (κ3) is 2.55. The zero-order chi connectivity index (χ0) is 14.7. The molecular weight excluding hydrogens is 266 g/mol. The number of rotatable bonds is 4. The third-order valence-corrected chi connectivity index (χ3v) is 3.81. The van der Waals surface area contributed by atoms with E-state index in [2.05, 4.69) is 21.0 Å². The van der Waals surface area contributed by atoms with Gasteiger partial charge in [0.15, 0.2) is 0 Å². The van der Waals surface area contributed by atoms with Gasteiger partial charge in [-0.2, -0.15) is 4.98 Å². The van der Waals surface area contributed by atoms with Crippen LogP contribution in [0.4, 0.5) is 0 Å². The zero-order valence-corrected chi connectivity index (χ0v) is 12.0. The van der Waals surface area contributed by atoms with Crippen LogP contribution in [-0.2, 0) is 10.3 Å². The molecule has 5 nitrogen and oxygen atoms in total. The first-order valence-electron chi connectivity index (χ1n) is 7.17. The summed E-state index contributed by atoms with van der Waals surface area (Å²) in [7, 11) is 0. The molecule has 1 aliphatic rings. The highest BCUT2D eigenvalue weighted by Gasteiger charge is 2.41. The summed E-state index contributed by atoms with van der Waals surface area (Å²) in [4.78, 5) is 8.61. The van der Waals surface area contributed by atoms with Crippen molar-refractivity contribution in [3.05, 3.63) is 29.9 Å². The first kappa shape index (κ1) is 13.8. The van der Waals surface area contributed by atoms with Crippen LogP contribution in [0.25, 0.3) is 11.4 Å². The van der Waals surface area contributed by atoms with Gasteiger partial charge >= 0.3 is 0 Å². The molecule has 0 saturated heterocycles. The summed E-state index contributed by atoms with van der Waals surface area (Å²) in [6, 6.07) is 1.82. The SMILES string of the molecule is C#Cc1cncc(-c2noc(C3(OCC)CCCC3)n2)c1. The van der Waals surface area contributed by atoms with Crippen LogP contribution in [0.3, 0.4) is 0 Å². The molecule has 3 rings (SSSR count). The molecule has 0 amide bonds. The van der Waals surface area contributed by atoms with E-state index in [9.17, 15) is 0 Å². The number of ether oxygens (including phenoxy) is 1. The van der Waals surface area contributed by atoms with Crippen molar-refractivity contribution in [1.82, 2.24) is 15.1 Å². The van der Waals surface area contributed by atoms with Crippen LogP contribution >= 0.6 is 0 Å². The minimum atomic E-state index is -0.419. The van der Waals surface area contributed by atoms with Crippen molar-refractivity contribution in [2.75, 3.05) is 6.61 Å². The highest BCUT2D eigenvalue weighted by Crippen LogP contribution is 2.41. The van der Waals surface area contributed by atoms with Gasteiger partial charge in [-0.05, 0) is 38.7 Å². The largest absolute Gasteiger partial charge is 0.365 e. The van der Waals surface area contributed by atoms with Crippen molar-refractivity contribution in [2.45, 2.75) is 38.2 Å². The second-order valence-corrected chi connectivity index (χ2v) is 5.16. The van der Waals surface area contributed by atoms with Crippen molar-refractivity contribution in [1.29, 1.82) is 0 Å². The number of pyridine rings is 1. The van der Waals surface area contributed by atoms with Crippen molar-refractivity contribution in [3.63, 3.8) is 0 Å². The summed E-state index contributed by atoms with van der Waals surface area (Å²) >= 11 is 0. The Hall–Kier alpha value is -2.19. The van der Waals surface area contributed by atoms with Crippen LogP contribution in [0, 0.1) is 12.3 Å². The maximum Gasteiger partial charge on any atom is 0.259 e. The molecule has 1 aliphatic carbocycles. The molecule has 5 heteroatoms. The highest BCUT2D eigenvalue weighted by molar-refractivity contribution is 5.55. The maximum absolute atomic E-state index is 5.93. The molecule has 0 atom stereocenters. The quantitative estimate of drug-likeness (QED) is 0.807. The number of aromatic nitrogens is 3. The maximum atomic E-state index is 5.93. The van der Waals surface area contributed by atoms with Crippen LogP contribution in [0.2, 0.25) is 0 Å². The summed E-state index contributed by atoms with van der Waals surface area (Å²) in [5.41, 5.74) is 1.03. The summed E-state index contributed by atoms with van der Waals surface area (Å²) in [6.07, 6.45) is 12.8. The average Bonchev–Trinajstić information content (AvgIpc) is 3.17. The lowest BCUT2D eigenvalue weighted by Crippen LogP contribution is -2.26. The lowest BCUT2D eigenvalue weighted by atomic mass is 10.0. The van der Waals surface area contributed by atoms with E-state index in [1.807, 2.05) is 13.0 Å². The standard InChI is InChI=1S/C16H17N3O2/c1-3-12-9-13(11-17-10-12)14-18-15(21-19-14)16(20-4-2)7-5-6-8-16/h1,9-11H,4-8H2,2H3. The monoisotopic (exact) mass is 283 g/mol. The Labute approximate surface area is 123 Å². The molecule has 2 aromatic rings. The summed E-state index contributed by atoms with van der Waals surface area (Å²) < 4.78 is 11.4. The van der Waals surface area contributed by atoms with Gasteiger partial charge in [0.1, 0.15) is 5.60 Å². The van der Waals surface area contributed by atoms with Crippen LogP contribution in [0.15, 0.2) is 23.0 Å². The summed E-state index contributed by atoms with van der Waals surface area (Å²) in [5, 5.41) is 4.06. The molecule has 108 valence electrons. The molecule has 0 spiro atoms. The topological polar surface area (TPSA) is 61.0 Å². The van der Waals surface area contributed by atoms with Crippen LogP contribution in [0.5, 0.6) is 0 Å². The molecule has 2 heterocycles. The number of hydrogen-bond acceptors (Lipinski definition) is 5. The first-order valence-corrected chi connectivity index (χ1v) is 7.17. The van der Waals surface area contributed by atoms with Gasteiger partial charge in [-0.15, -0.1) is 6.42 Å². The Balaban J connectivity index is 1.94. The van der Waals surface area contributed by atoms with Gasteiger partial charge in [0, 0.05) is 30.1 Å². The Bertz CT molecular complexity index is 666. The van der Waals surface area contributed by atoms with Crippen LogP contribution in [0.1, 0.15) is 44.1 Å². The van der Waals surface area contributed by atoms with E-state index in [0.29, 0.717) is 23.9 Å². The van der Waals surface area contributed by atoms with Gasteiger partial charge in [-0.3, -0.25) is 4.98 Å². The van der Waals surface area contributed by atoms with Crippen LogP contribution in [-0.4, -0.2) is 21.7 Å². The van der Waals surface area contributed by atoms with Gasteiger partial charge in [-0.1, -0.05) is 11.1 Å². The van der Waals surface area contributed by atoms with Gasteiger partial charge < -0.3 is 9.26 Å². The second kappa shape index (κ2) is 5.66. The minimum absolute atomic E-state index is 0.419. The fourth-order valence-electron chi connectivity index (χ4n) is 2.81. The number of hydrogen-bond donors (Lipinski definition) is 0. The van der Waals surface area contributed by atoms with E-state index in [1.54, 1.807) is 12.4 Å². The molecule has 0 N–H and O–H groups in total. The Morgan fingerprint density at radius 1 is 1.38 bits per heavy atom. The zero-order valence-electron chi connectivity index (χ0n) is 12.0. The predicted octanol–water partition coefficient (Wildman–Crippen LogP) is 2.92. The molecule has 21 heavy (non-hydrogen) atoms. The molecule has 1 fully saturated rings. The van der Waals surface area contributed by atoms with Gasteiger partial charge in [-0.25, -0.2) is 0 Å². The lowest BCUT2D eigenvalue weighted by molar-refractivity contribution is -0.0610. The predicted molar refractivity (Wildman–Crippen MR) is 77.2 cm³/mol. The van der Waals surface area contributed by atoms with Gasteiger partial charge in [0.05, 0.1) is 0 Å². The minimum Gasteiger partial charge on any atom is -0.365 e. The van der Waals surface area contributed by atoms with E-state index < -0.39 is 5.60 Å². The van der Waals surface area contributed by atoms with Crippen LogP contribution < -0.4 is 0 Å². The van der Waals surface area contributed by atoms with Gasteiger partial charge in [0.25, 0.3) is 5.89 Å². The number of terminal acetylenes is 1. The fraction of sp³-hybridized carbons (Fsp3) is 0.438. The van der Waals surface area contributed by atoms with E-state index >= 15 is 0 Å². The normalized spacial score (nSPS) is 16.8. The first-order chi connectivity index (χ1) is 10.3. The molecule has 0 aromatic carbocycles. The van der Waals surface area contributed by atoms with Crippen molar-refractivity contribution >= 4 is 0 Å². The molecule has 0 bridgehead atoms. The Morgan fingerprint density at radius 2 is 2.19 bits per heavy atom. The molecule has 1 saturated carbocycles. The van der Waals surface area contributed by atoms with Crippen molar-refractivity contribution in [2.24, 2.45) is 0 Å². The lowest BCUT2D eigenvalue weighted by Gasteiger charge is -2.24. The van der Waals surface area contributed by atoms with E-state index in [0.717, 1.165) is 31.2 Å². The Kier molecular flexibility index (Phi) is 3.72. The van der Waals surface area contributed by atoms with Crippen molar-refractivity contribution in [3.8, 4) is 23.7 Å². The van der Waals surface area contributed by atoms with Crippen molar-refractivity contribution < 1.29 is 9.26 Å². The second-order valence-electron chi connectivity index (χ2n) is 5.16. The molecule has 0 radical (unpaired) electrons. The summed E-state index contributed by atoms with van der Waals surface area (Å²) in [6.45, 7) is 2.61. The third-order valence-electron chi connectivity index (χ3n) is 3.81. The highest BCUT2D eigenvalue weighted by atomic mass is 16.5. The van der Waals surface area contributed by atoms with E-state index in [1.165, 1.54) is 0 Å². The molecular formula is C16H17N3O2. The Morgan fingerprint density at radius 3 is 2.90 bits per heavy atom. The van der Waals surface area contributed by atoms with Gasteiger partial charge in [0.2, 0.25) is 5.82 Å². The van der Waals surface area contributed by atoms with E-state index in [4.69, 9.17) is 15.7 Å². The fourth-order valence-corrected chi connectivity index (χ4v) is 2.81. The molecule has 2 aromatic heterocycles. The molecule has 0 aliphatic heterocycles. The van der Waals surface area contributed by atoms with E-state index in [-0.39, 0.29) is 0 Å². The average molecular weight is 283 g/mol. The molecule has 0 unspecified atom stereocenters. The smallest absolute Gasteiger partial charge is 0.259 e. The number of nitrogens with zero attached hydrogens (tertiary/aromatic N) is 3. The summed E-state index contributed by atoms with van der Waals surface area (Å²) in [5.74, 6) is 3.61.